The van der Waals surface area contributed by atoms with E-state index in [1.165, 1.54) is 6.07 Å². The highest BCUT2D eigenvalue weighted by Gasteiger charge is 2.18. The molecule has 1 fully saturated rings. The van der Waals surface area contributed by atoms with E-state index < -0.39 is 0 Å². The van der Waals surface area contributed by atoms with Gasteiger partial charge in [-0.05, 0) is 18.2 Å². The lowest BCUT2D eigenvalue weighted by Gasteiger charge is -2.35. The van der Waals surface area contributed by atoms with Crippen LogP contribution in [0.15, 0.2) is 18.2 Å². The Labute approximate surface area is 94.5 Å². The van der Waals surface area contributed by atoms with Gasteiger partial charge in [0, 0.05) is 44.9 Å². The van der Waals surface area contributed by atoms with Gasteiger partial charge < -0.3 is 9.80 Å². The summed E-state index contributed by atoms with van der Waals surface area (Å²) >= 11 is 0. The molecule has 1 aromatic carbocycles. The monoisotopic (exact) mass is 221 g/mol. The Hall–Kier alpha value is -1.58. The summed E-state index contributed by atoms with van der Waals surface area (Å²) in [5, 5.41) is 0. The third-order valence-corrected chi connectivity index (χ3v) is 2.84. The van der Waals surface area contributed by atoms with E-state index in [1.807, 2.05) is 11.0 Å². The highest BCUT2D eigenvalue weighted by molar-refractivity contribution is 5.73. The first-order valence-electron chi connectivity index (χ1n) is 5.34. The van der Waals surface area contributed by atoms with Crippen LogP contribution in [0.2, 0.25) is 0 Å². The standard InChI is InChI=1S/C12H14FN2O/c1-10(16)14-5-7-15(8-6-14)12-4-2-3-11(13)9-12/h2,4,9H,5-8H2,1H3. The molecular formula is C12H14FN2O. The van der Waals surface area contributed by atoms with Crippen molar-refractivity contribution in [2.24, 2.45) is 0 Å². The number of hydrogen-bond donors (Lipinski definition) is 0. The number of rotatable bonds is 1. The van der Waals surface area contributed by atoms with Crippen LogP contribution in [0.1, 0.15) is 6.92 Å². The maximum Gasteiger partial charge on any atom is 0.219 e. The number of carbonyl (C=O) groups is 1. The van der Waals surface area contributed by atoms with Crippen molar-refractivity contribution in [2.45, 2.75) is 6.92 Å². The molecule has 1 radical (unpaired) electrons. The second-order valence-electron chi connectivity index (χ2n) is 3.89. The molecule has 0 atom stereocenters. The number of amides is 1. The predicted octanol–water partition coefficient (Wildman–Crippen LogP) is 1.29. The molecule has 3 nitrogen and oxygen atoms in total. The highest BCUT2D eigenvalue weighted by Crippen LogP contribution is 2.17. The zero-order valence-electron chi connectivity index (χ0n) is 9.24. The molecule has 0 aliphatic carbocycles. The van der Waals surface area contributed by atoms with Crippen LogP contribution in [0.5, 0.6) is 0 Å². The van der Waals surface area contributed by atoms with Gasteiger partial charge >= 0.3 is 0 Å². The van der Waals surface area contributed by atoms with E-state index in [0.717, 1.165) is 18.8 Å². The van der Waals surface area contributed by atoms with Gasteiger partial charge in [-0.25, -0.2) is 4.39 Å². The van der Waals surface area contributed by atoms with Gasteiger partial charge in [0.2, 0.25) is 5.91 Å². The minimum absolute atomic E-state index is 0.104. The largest absolute Gasteiger partial charge is 0.368 e. The Balaban J connectivity index is 2.01. The lowest BCUT2D eigenvalue weighted by atomic mass is 10.2. The topological polar surface area (TPSA) is 23.6 Å². The minimum Gasteiger partial charge on any atom is -0.368 e. The Morgan fingerprint density at radius 3 is 2.62 bits per heavy atom. The average molecular weight is 221 g/mol. The van der Waals surface area contributed by atoms with Crippen molar-refractivity contribution in [1.82, 2.24) is 4.90 Å². The van der Waals surface area contributed by atoms with E-state index in [4.69, 9.17) is 0 Å². The summed E-state index contributed by atoms with van der Waals surface area (Å²) in [6.45, 7) is 4.49. The fourth-order valence-electron chi connectivity index (χ4n) is 1.90. The molecular weight excluding hydrogens is 207 g/mol. The van der Waals surface area contributed by atoms with Crippen LogP contribution in [0, 0.1) is 11.9 Å². The number of anilines is 1. The number of piperazine rings is 1. The van der Waals surface area contributed by atoms with Gasteiger partial charge in [0.15, 0.2) is 0 Å². The second-order valence-corrected chi connectivity index (χ2v) is 3.89. The van der Waals surface area contributed by atoms with Crippen molar-refractivity contribution in [3.63, 3.8) is 0 Å². The average Bonchev–Trinajstić information content (AvgIpc) is 2.29. The summed E-state index contributed by atoms with van der Waals surface area (Å²) in [6.07, 6.45) is 0. The smallest absolute Gasteiger partial charge is 0.219 e. The number of benzene rings is 1. The SMILES string of the molecule is CC(=O)N1CCN(c2cc[c]c(F)c2)CC1. The second kappa shape index (κ2) is 4.51. The van der Waals surface area contributed by atoms with Crippen molar-refractivity contribution >= 4 is 11.6 Å². The van der Waals surface area contributed by atoms with E-state index in [0.29, 0.717) is 13.1 Å². The van der Waals surface area contributed by atoms with Crippen LogP contribution in [-0.4, -0.2) is 37.0 Å². The van der Waals surface area contributed by atoms with Crippen LogP contribution in [0.25, 0.3) is 0 Å². The van der Waals surface area contributed by atoms with Gasteiger partial charge in [-0.2, -0.15) is 0 Å². The molecule has 1 aromatic rings. The molecule has 1 aliphatic heterocycles. The molecule has 2 rings (SSSR count). The zero-order chi connectivity index (χ0) is 11.5. The Morgan fingerprint density at radius 2 is 2.06 bits per heavy atom. The maximum absolute atomic E-state index is 13.0. The van der Waals surface area contributed by atoms with Crippen LogP contribution >= 0.6 is 0 Å². The number of nitrogens with zero attached hydrogens (tertiary/aromatic N) is 2. The molecule has 4 heteroatoms. The minimum atomic E-state index is -0.341. The van der Waals surface area contributed by atoms with Crippen LogP contribution < -0.4 is 4.90 Å². The fourth-order valence-corrected chi connectivity index (χ4v) is 1.90. The van der Waals surface area contributed by atoms with E-state index in [2.05, 4.69) is 11.0 Å². The molecule has 16 heavy (non-hydrogen) atoms. The van der Waals surface area contributed by atoms with E-state index in [9.17, 15) is 9.18 Å². The Bertz CT molecular complexity index is 386. The van der Waals surface area contributed by atoms with E-state index >= 15 is 0 Å². The van der Waals surface area contributed by atoms with E-state index in [-0.39, 0.29) is 11.7 Å². The molecule has 0 saturated carbocycles. The third kappa shape index (κ3) is 2.32. The Morgan fingerprint density at radius 1 is 1.38 bits per heavy atom. The maximum atomic E-state index is 13.0. The van der Waals surface area contributed by atoms with Crippen molar-refractivity contribution in [2.75, 3.05) is 31.1 Å². The van der Waals surface area contributed by atoms with Crippen LogP contribution in [-0.2, 0) is 4.79 Å². The molecule has 0 aromatic heterocycles. The number of halogens is 1. The van der Waals surface area contributed by atoms with Crippen molar-refractivity contribution in [1.29, 1.82) is 0 Å². The van der Waals surface area contributed by atoms with Gasteiger partial charge in [-0.3, -0.25) is 4.79 Å². The zero-order valence-corrected chi connectivity index (χ0v) is 9.24. The van der Waals surface area contributed by atoms with Crippen molar-refractivity contribution in [3.05, 3.63) is 30.1 Å². The molecule has 85 valence electrons. The fraction of sp³-hybridized carbons (Fsp3) is 0.417. The van der Waals surface area contributed by atoms with Gasteiger partial charge in [-0.15, -0.1) is 0 Å². The summed E-state index contributed by atoms with van der Waals surface area (Å²) in [5.74, 6) is -0.237. The molecule has 1 aliphatic rings. The quantitative estimate of drug-likeness (QED) is 0.713. The summed E-state index contributed by atoms with van der Waals surface area (Å²) in [7, 11) is 0. The van der Waals surface area contributed by atoms with Crippen LogP contribution in [0.3, 0.4) is 0 Å². The molecule has 0 spiro atoms. The van der Waals surface area contributed by atoms with E-state index in [1.54, 1.807) is 13.0 Å². The molecule has 0 unspecified atom stereocenters. The molecule has 0 N–H and O–H groups in total. The lowest BCUT2D eigenvalue weighted by molar-refractivity contribution is -0.129. The predicted molar refractivity (Wildman–Crippen MR) is 59.7 cm³/mol. The van der Waals surface area contributed by atoms with Gasteiger partial charge in [0.1, 0.15) is 5.82 Å². The first-order chi connectivity index (χ1) is 7.66. The van der Waals surface area contributed by atoms with Gasteiger partial charge in [0.25, 0.3) is 0 Å². The summed E-state index contributed by atoms with van der Waals surface area (Å²) in [6, 6.07) is 7.38. The molecule has 1 amide bonds. The van der Waals surface area contributed by atoms with Crippen molar-refractivity contribution in [3.8, 4) is 0 Å². The van der Waals surface area contributed by atoms with Crippen molar-refractivity contribution < 1.29 is 9.18 Å². The molecule has 1 saturated heterocycles. The number of hydrogen-bond acceptors (Lipinski definition) is 2. The number of carbonyl (C=O) groups excluding carboxylic acids is 1. The summed E-state index contributed by atoms with van der Waals surface area (Å²) in [5.41, 5.74) is 0.861. The first-order valence-corrected chi connectivity index (χ1v) is 5.34. The van der Waals surface area contributed by atoms with Gasteiger partial charge in [-0.1, -0.05) is 0 Å². The van der Waals surface area contributed by atoms with Crippen LogP contribution in [0.4, 0.5) is 10.1 Å². The summed E-state index contributed by atoms with van der Waals surface area (Å²) < 4.78 is 13.0. The first kappa shape index (κ1) is 10.9. The normalized spacial score (nSPS) is 16.4. The summed E-state index contributed by atoms with van der Waals surface area (Å²) in [4.78, 5) is 15.0. The lowest BCUT2D eigenvalue weighted by Crippen LogP contribution is -2.48. The Kier molecular flexibility index (Phi) is 3.08. The third-order valence-electron chi connectivity index (χ3n) is 2.84. The highest BCUT2D eigenvalue weighted by atomic mass is 19.1. The molecule has 1 heterocycles. The molecule has 0 bridgehead atoms. The van der Waals surface area contributed by atoms with Gasteiger partial charge in [0.05, 0.1) is 0 Å².